The number of hydrogen-bond acceptors (Lipinski definition) is 2. The lowest BCUT2D eigenvalue weighted by molar-refractivity contribution is 0.432. The molecule has 0 N–H and O–H groups in total. The molecule has 2 aromatic rings. The molecule has 0 saturated carbocycles. The van der Waals surface area contributed by atoms with Gasteiger partial charge in [0.15, 0.2) is 5.76 Å². The van der Waals surface area contributed by atoms with Crippen LogP contribution in [0.3, 0.4) is 0 Å². The summed E-state index contributed by atoms with van der Waals surface area (Å²) < 4.78 is 5.05. The van der Waals surface area contributed by atoms with E-state index in [1.165, 1.54) is 0 Å². The molecule has 1 aromatic carbocycles. The quantitative estimate of drug-likeness (QED) is 0.738. The maximum Gasteiger partial charge on any atom is 0.166 e. The van der Waals surface area contributed by atoms with Crippen LogP contribution in [0.5, 0.6) is 0 Å². The van der Waals surface area contributed by atoms with Gasteiger partial charge in [-0.25, -0.2) is 0 Å². The van der Waals surface area contributed by atoms with Crippen molar-refractivity contribution in [3.8, 4) is 11.3 Å². The lowest BCUT2D eigenvalue weighted by atomic mass is 10.1. The van der Waals surface area contributed by atoms with E-state index in [9.17, 15) is 0 Å². The molecule has 3 heteroatoms. The van der Waals surface area contributed by atoms with Gasteiger partial charge in [0.25, 0.3) is 0 Å². The predicted octanol–water partition coefficient (Wildman–Crippen LogP) is 3.59. The first-order valence-corrected chi connectivity index (χ1v) is 5.17. The molecule has 0 unspecified atom stereocenters. The van der Waals surface area contributed by atoms with Crippen molar-refractivity contribution >= 4 is 17.7 Å². The number of rotatable bonds is 3. The van der Waals surface area contributed by atoms with Gasteiger partial charge in [0, 0.05) is 17.5 Å². The highest BCUT2D eigenvalue weighted by molar-refractivity contribution is 6.19. The Kier molecular flexibility index (Phi) is 3.20. The second kappa shape index (κ2) is 4.80. The molecule has 0 spiro atoms. The smallest absolute Gasteiger partial charge is 0.166 e. The highest BCUT2D eigenvalue weighted by Gasteiger charge is 1.99. The molecule has 76 valence electrons. The summed E-state index contributed by atoms with van der Waals surface area (Å²) in [6, 6.07) is 9.86. The van der Waals surface area contributed by atoms with Crippen LogP contribution in [-0.2, 0) is 0 Å². The molecule has 0 aliphatic heterocycles. The zero-order valence-corrected chi connectivity index (χ0v) is 8.82. The van der Waals surface area contributed by atoms with Crippen LogP contribution in [0.25, 0.3) is 17.4 Å². The van der Waals surface area contributed by atoms with Crippen LogP contribution in [0.1, 0.15) is 5.56 Å². The van der Waals surface area contributed by atoms with Crippen molar-refractivity contribution in [2.45, 2.75) is 0 Å². The van der Waals surface area contributed by atoms with E-state index in [1.54, 1.807) is 6.20 Å². The molecular weight excluding hydrogens is 210 g/mol. The van der Waals surface area contributed by atoms with Crippen LogP contribution in [0.4, 0.5) is 0 Å². The zero-order valence-electron chi connectivity index (χ0n) is 8.06. The van der Waals surface area contributed by atoms with Crippen molar-refractivity contribution in [1.82, 2.24) is 5.16 Å². The third kappa shape index (κ3) is 2.48. The van der Waals surface area contributed by atoms with Crippen molar-refractivity contribution in [1.29, 1.82) is 0 Å². The third-order valence-corrected chi connectivity index (χ3v) is 2.21. The molecule has 0 saturated heterocycles. The van der Waals surface area contributed by atoms with Crippen LogP contribution in [0.15, 0.2) is 47.1 Å². The topological polar surface area (TPSA) is 26.0 Å². The molecule has 2 nitrogen and oxygen atoms in total. The first-order chi connectivity index (χ1) is 7.40. The first kappa shape index (κ1) is 9.99. The van der Waals surface area contributed by atoms with Crippen molar-refractivity contribution in [2.24, 2.45) is 0 Å². The Hall–Kier alpha value is -1.54. The lowest BCUT2D eigenvalue weighted by Gasteiger charge is -1.96. The van der Waals surface area contributed by atoms with E-state index in [4.69, 9.17) is 16.1 Å². The zero-order chi connectivity index (χ0) is 10.5. The molecule has 0 amide bonds. The van der Waals surface area contributed by atoms with Gasteiger partial charge in [0.05, 0.1) is 6.20 Å². The Balaban J connectivity index is 2.21. The minimum atomic E-state index is 0.532. The van der Waals surface area contributed by atoms with Gasteiger partial charge in [-0.15, -0.1) is 11.6 Å². The summed E-state index contributed by atoms with van der Waals surface area (Å²) in [5, 5.41) is 3.66. The molecule has 0 radical (unpaired) electrons. The summed E-state index contributed by atoms with van der Waals surface area (Å²) in [6.45, 7) is 0. The fourth-order valence-electron chi connectivity index (χ4n) is 1.30. The summed E-state index contributed by atoms with van der Waals surface area (Å²) in [6.07, 6.45) is 5.53. The number of benzene rings is 1. The normalized spacial score (nSPS) is 11.0. The number of aromatic nitrogens is 1. The summed E-state index contributed by atoms with van der Waals surface area (Å²) in [5.74, 6) is 1.31. The lowest BCUT2D eigenvalue weighted by Crippen LogP contribution is -1.75. The fraction of sp³-hybridized carbons (Fsp3) is 0.0833. The van der Waals surface area contributed by atoms with Crippen LogP contribution < -0.4 is 0 Å². The molecular formula is C12H10ClNO. The van der Waals surface area contributed by atoms with Crippen LogP contribution >= 0.6 is 11.6 Å². The average Bonchev–Trinajstić information content (AvgIpc) is 2.80. The van der Waals surface area contributed by atoms with Gasteiger partial charge in [-0.1, -0.05) is 41.6 Å². The molecule has 0 aliphatic carbocycles. The summed E-state index contributed by atoms with van der Waals surface area (Å²) in [4.78, 5) is 0. The van der Waals surface area contributed by atoms with E-state index in [-0.39, 0.29) is 0 Å². The number of nitrogens with zero attached hydrogens (tertiary/aromatic N) is 1. The maximum atomic E-state index is 5.55. The van der Waals surface area contributed by atoms with Crippen LogP contribution in [0, 0.1) is 0 Å². The molecule has 0 atom stereocenters. The van der Waals surface area contributed by atoms with Gasteiger partial charge < -0.3 is 4.52 Å². The average molecular weight is 220 g/mol. The SMILES string of the molecule is ClCC=Cc1ccc(-c2ccno2)cc1. The second-order valence-corrected chi connectivity index (χ2v) is 3.36. The van der Waals surface area contributed by atoms with Crippen molar-refractivity contribution in [2.75, 3.05) is 5.88 Å². The van der Waals surface area contributed by atoms with Gasteiger partial charge in [-0.05, 0) is 5.56 Å². The second-order valence-electron chi connectivity index (χ2n) is 3.06. The molecule has 2 rings (SSSR count). The van der Waals surface area contributed by atoms with E-state index in [0.29, 0.717) is 5.88 Å². The van der Waals surface area contributed by atoms with Crippen molar-refractivity contribution in [3.63, 3.8) is 0 Å². The Morgan fingerprint density at radius 1 is 1.20 bits per heavy atom. The number of hydrogen-bond donors (Lipinski definition) is 0. The van der Waals surface area contributed by atoms with Crippen LogP contribution in [0.2, 0.25) is 0 Å². The molecule has 15 heavy (non-hydrogen) atoms. The van der Waals surface area contributed by atoms with E-state index < -0.39 is 0 Å². The Labute approximate surface area is 93.2 Å². The van der Waals surface area contributed by atoms with Gasteiger partial charge in [-0.2, -0.15) is 0 Å². The van der Waals surface area contributed by atoms with Gasteiger partial charge in [0.1, 0.15) is 0 Å². The monoisotopic (exact) mass is 219 g/mol. The summed E-state index contributed by atoms with van der Waals surface area (Å²) >= 11 is 5.55. The molecule has 1 aromatic heterocycles. The Morgan fingerprint density at radius 2 is 2.00 bits per heavy atom. The third-order valence-electron chi connectivity index (χ3n) is 2.03. The highest BCUT2D eigenvalue weighted by Crippen LogP contribution is 2.19. The van der Waals surface area contributed by atoms with Gasteiger partial charge in [-0.3, -0.25) is 0 Å². The highest BCUT2D eigenvalue weighted by atomic mass is 35.5. The molecule has 0 bridgehead atoms. The minimum Gasteiger partial charge on any atom is -0.356 e. The van der Waals surface area contributed by atoms with Crippen LogP contribution in [-0.4, -0.2) is 11.0 Å². The molecule has 1 heterocycles. The largest absolute Gasteiger partial charge is 0.356 e. The minimum absolute atomic E-state index is 0.532. The Bertz CT molecular complexity index is 431. The van der Waals surface area contributed by atoms with E-state index in [1.807, 2.05) is 42.5 Å². The van der Waals surface area contributed by atoms with Crippen molar-refractivity contribution in [3.05, 3.63) is 48.2 Å². The molecule has 0 aliphatic rings. The van der Waals surface area contributed by atoms with E-state index in [0.717, 1.165) is 16.9 Å². The fourth-order valence-corrected chi connectivity index (χ4v) is 1.39. The molecule has 0 fully saturated rings. The maximum absolute atomic E-state index is 5.55. The number of allylic oxidation sites excluding steroid dienone is 1. The summed E-state index contributed by atoms with van der Waals surface area (Å²) in [7, 11) is 0. The van der Waals surface area contributed by atoms with E-state index >= 15 is 0 Å². The van der Waals surface area contributed by atoms with Crippen molar-refractivity contribution < 1.29 is 4.52 Å². The predicted molar refractivity (Wildman–Crippen MR) is 61.7 cm³/mol. The number of halogens is 1. The van der Waals surface area contributed by atoms with Gasteiger partial charge >= 0.3 is 0 Å². The first-order valence-electron chi connectivity index (χ1n) is 4.64. The Morgan fingerprint density at radius 3 is 2.60 bits per heavy atom. The van der Waals surface area contributed by atoms with E-state index in [2.05, 4.69) is 5.16 Å². The number of alkyl halides is 1. The standard InChI is InChI=1S/C12H10ClNO/c13-8-1-2-10-3-5-11(6-4-10)12-7-9-14-15-12/h1-7,9H,8H2. The van der Waals surface area contributed by atoms with Gasteiger partial charge in [0.2, 0.25) is 0 Å². The summed E-state index contributed by atoms with van der Waals surface area (Å²) in [5.41, 5.74) is 2.15.